The number of halogens is 1. The lowest BCUT2D eigenvalue weighted by Crippen LogP contribution is -2.25. The summed E-state index contributed by atoms with van der Waals surface area (Å²) in [6.07, 6.45) is 0. The van der Waals surface area contributed by atoms with Crippen molar-refractivity contribution in [1.29, 1.82) is 0 Å². The molecule has 0 heterocycles. The van der Waals surface area contributed by atoms with Gasteiger partial charge in [0.25, 0.3) is 5.91 Å². The standard InChI is InChI=1S/C18H19ClN2O3/c1-3-23-16-6-4-5-7-17(16)24-12-18(22)21-20-13(2)14-8-10-15(19)11-9-14/h4-11H,3,12H2,1-2H3,(H,21,22)/b20-13+. The number of para-hydroxylation sites is 2. The number of hydrogen-bond donors (Lipinski definition) is 1. The van der Waals surface area contributed by atoms with Crippen LogP contribution in [0.5, 0.6) is 11.5 Å². The summed E-state index contributed by atoms with van der Waals surface area (Å²) in [5, 5.41) is 4.71. The van der Waals surface area contributed by atoms with Gasteiger partial charge in [-0.15, -0.1) is 0 Å². The van der Waals surface area contributed by atoms with Crippen LogP contribution in [0.2, 0.25) is 5.02 Å². The molecule has 0 atom stereocenters. The van der Waals surface area contributed by atoms with Crippen LogP contribution >= 0.6 is 11.6 Å². The van der Waals surface area contributed by atoms with Gasteiger partial charge in [0.15, 0.2) is 18.1 Å². The number of amides is 1. The summed E-state index contributed by atoms with van der Waals surface area (Å²) in [5.74, 6) is 0.774. The van der Waals surface area contributed by atoms with Crippen molar-refractivity contribution in [1.82, 2.24) is 5.43 Å². The number of rotatable bonds is 7. The quantitative estimate of drug-likeness (QED) is 0.615. The molecule has 0 aliphatic heterocycles. The summed E-state index contributed by atoms with van der Waals surface area (Å²) in [6.45, 7) is 4.06. The molecule has 0 spiro atoms. The molecule has 2 aromatic carbocycles. The molecule has 0 bridgehead atoms. The molecule has 0 fully saturated rings. The molecular weight excluding hydrogens is 328 g/mol. The van der Waals surface area contributed by atoms with Crippen LogP contribution < -0.4 is 14.9 Å². The average Bonchev–Trinajstić information content (AvgIpc) is 2.60. The second kappa shape index (κ2) is 8.93. The van der Waals surface area contributed by atoms with Crippen LogP contribution in [0.4, 0.5) is 0 Å². The highest BCUT2D eigenvalue weighted by atomic mass is 35.5. The van der Waals surface area contributed by atoms with Crippen molar-refractivity contribution in [3.05, 3.63) is 59.1 Å². The third kappa shape index (κ3) is 5.28. The van der Waals surface area contributed by atoms with Gasteiger partial charge in [-0.1, -0.05) is 35.9 Å². The maximum atomic E-state index is 11.9. The number of nitrogens with one attached hydrogen (secondary N) is 1. The molecular formula is C18H19ClN2O3. The zero-order valence-electron chi connectivity index (χ0n) is 13.6. The molecule has 0 radical (unpaired) electrons. The van der Waals surface area contributed by atoms with E-state index in [4.69, 9.17) is 21.1 Å². The van der Waals surface area contributed by atoms with Crippen molar-refractivity contribution in [3.63, 3.8) is 0 Å². The monoisotopic (exact) mass is 346 g/mol. The number of carbonyl (C=O) groups is 1. The maximum absolute atomic E-state index is 11.9. The lowest BCUT2D eigenvalue weighted by Gasteiger charge is -2.10. The smallest absolute Gasteiger partial charge is 0.277 e. The van der Waals surface area contributed by atoms with Gasteiger partial charge in [0.1, 0.15) is 0 Å². The van der Waals surface area contributed by atoms with E-state index >= 15 is 0 Å². The van der Waals surface area contributed by atoms with Crippen LogP contribution in [0.15, 0.2) is 53.6 Å². The minimum Gasteiger partial charge on any atom is -0.490 e. The number of hydrogen-bond acceptors (Lipinski definition) is 4. The molecule has 5 nitrogen and oxygen atoms in total. The van der Waals surface area contributed by atoms with Crippen molar-refractivity contribution in [2.24, 2.45) is 5.10 Å². The van der Waals surface area contributed by atoms with Crippen LogP contribution in [0.25, 0.3) is 0 Å². The second-order valence-electron chi connectivity index (χ2n) is 4.91. The molecule has 0 aliphatic rings. The van der Waals surface area contributed by atoms with E-state index in [1.165, 1.54) is 0 Å². The van der Waals surface area contributed by atoms with Crippen LogP contribution in [0.3, 0.4) is 0 Å². The first kappa shape index (κ1) is 17.8. The first-order valence-corrected chi connectivity index (χ1v) is 7.91. The topological polar surface area (TPSA) is 59.9 Å². The third-order valence-corrected chi connectivity index (χ3v) is 3.37. The van der Waals surface area contributed by atoms with E-state index in [1.807, 2.05) is 31.2 Å². The molecule has 126 valence electrons. The summed E-state index contributed by atoms with van der Waals surface area (Å²) < 4.78 is 10.9. The third-order valence-electron chi connectivity index (χ3n) is 3.12. The summed E-state index contributed by atoms with van der Waals surface area (Å²) in [7, 11) is 0. The summed E-state index contributed by atoms with van der Waals surface area (Å²) in [4.78, 5) is 11.9. The van der Waals surface area contributed by atoms with E-state index in [-0.39, 0.29) is 12.5 Å². The van der Waals surface area contributed by atoms with Crippen LogP contribution in [0, 0.1) is 0 Å². The van der Waals surface area contributed by atoms with E-state index in [0.717, 1.165) is 5.56 Å². The van der Waals surface area contributed by atoms with E-state index in [0.29, 0.717) is 28.8 Å². The fraction of sp³-hybridized carbons (Fsp3) is 0.222. The molecule has 2 aromatic rings. The SMILES string of the molecule is CCOc1ccccc1OCC(=O)N/N=C(\C)c1ccc(Cl)cc1. The van der Waals surface area contributed by atoms with Gasteiger partial charge in [0, 0.05) is 5.02 Å². The van der Waals surface area contributed by atoms with Crippen molar-refractivity contribution in [2.45, 2.75) is 13.8 Å². The van der Waals surface area contributed by atoms with Crippen LogP contribution in [0.1, 0.15) is 19.4 Å². The van der Waals surface area contributed by atoms with Gasteiger partial charge in [-0.25, -0.2) is 5.43 Å². The summed E-state index contributed by atoms with van der Waals surface area (Å²) >= 11 is 5.84. The number of ether oxygens (including phenoxy) is 2. The summed E-state index contributed by atoms with van der Waals surface area (Å²) in [6, 6.07) is 14.4. The Morgan fingerprint density at radius 3 is 2.33 bits per heavy atom. The second-order valence-corrected chi connectivity index (χ2v) is 5.34. The minimum atomic E-state index is -0.352. The highest BCUT2D eigenvalue weighted by molar-refractivity contribution is 6.30. The Hall–Kier alpha value is -2.53. The molecule has 6 heteroatoms. The van der Waals surface area contributed by atoms with Crippen molar-refractivity contribution in [3.8, 4) is 11.5 Å². The minimum absolute atomic E-state index is 0.151. The van der Waals surface area contributed by atoms with E-state index < -0.39 is 0 Å². The van der Waals surface area contributed by atoms with E-state index in [9.17, 15) is 4.79 Å². The Kier molecular flexibility index (Phi) is 6.63. The fourth-order valence-electron chi connectivity index (χ4n) is 1.92. The highest BCUT2D eigenvalue weighted by Gasteiger charge is 2.07. The lowest BCUT2D eigenvalue weighted by molar-refractivity contribution is -0.123. The van der Waals surface area contributed by atoms with Crippen molar-refractivity contribution in [2.75, 3.05) is 13.2 Å². The Bertz CT molecular complexity index is 714. The van der Waals surface area contributed by atoms with Gasteiger partial charge < -0.3 is 9.47 Å². The van der Waals surface area contributed by atoms with Gasteiger partial charge in [0.05, 0.1) is 12.3 Å². The lowest BCUT2D eigenvalue weighted by atomic mass is 10.1. The normalized spacial score (nSPS) is 11.0. The van der Waals surface area contributed by atoms with Crippen molar-refractivity contribution >= 4 is 23.2 Å². The van der Waals surface area contributed by atoms with Gasteiger partial charge >= 0.3 is 0 Å². The molecule has 0 aliphatic carbocycles. The zero-order valence-corrected chi connectivity index (χ0v) is 14.3. The number of benzene rings is 2. The van der Waals surface area contributed by atoms with Gasteiger partial charge in [0.2, 0.25) is 0 Å². The van der Waals surface area contributed by atoms with Gasteiger partial charge in [-0.05, 0) is 43.7 Å². The van der Waals surface area contributed by atoms with Gasteiger partial charge in [-0.2, -0.15) is 5.10 Å². The molecule has 24 heavy (non-hydrogen) atoms. The van der Waals surface area contributed by atoms with Crippen LogP contribution in [-0.4, -0.2) is 24.8 Å². The predicted octanol–water partition coefficient (Wildman–Crippen LogP) is 3.66. The zero-order chi connectivity index (χ0) is 17.4. The molecule has 2 rings (SSSR count). The predicted molar refractivity (Wildman–Crippen MR) is 94.9 cm³/mol. The van der Waals surface area contributed by atoms with Gasteiger partial charge in [-0.3, -0.25) is 4.79 Å². The van der Waals surface area contributed by atoms with Crippen molar-refractivity contribution < 1.29 is 14.3 Å². The molecule has 0 aromatic heterocycles. The van der Waals surface area contributed by atoms with E-state index in [1.54, 1.807) is 31.2 Å². The first-order valence-electron chi connectivity index (χ1n) is 7.54. The molecule has 0 saturated carbocycles. The average molecular weight is 347 g/mol. The number of hydrazone groups is 1. The number of carbonyl (C=O) groups excluding carboxylic acids is 1. The molecule has 0 saturated heterocycles. The largest absolute Gasteiger partial charge is 0.490 e. The fourth-order valence-corrected chi connectivity index (χ4v) is 2.05. The molecule has 1 amide bonds. The van der Waals surface area contributed by atoms with E-state index in [2.05, 4.69) is 10.5 Å². The Morgan fingerprint density at radius 2 is 1.71 bits per heavy atom. The Balaban J connectivity index is 1.89. The Labute approximate surface area is 146 Å². The highest BCUT2D eigenvalue weighted by Crippen LogP contribution is 2.26. The van der Waals surface area contributed by atoms with Crippen LogP contribution in [-0.2, 0) is 4.79 Å². The molecule has 1 N–H and O–H groups in total. The first-order chi connectivity index (χ1) is 11.6. The Morgan fingerprint density at radius 1 is 1.08 bits per heavy atom. The summed E-state index contributed by atoms with van der Waals surface area (Å²) in [5.41, 5.74) is 4.02. The number of nitrogens with zero attached hydrogens (tertiary/aromatic N) is 1. The molecule has 0 unspecified atom stereocenters. The maximum Gasteiger partial charge on any atom is 0.277 e.